The molecule has 0 aliphatic carbocycles. The molecule has 0 bridgehead atoms. The van der Waals surface area contributed by atoms with Crippen LogP contribution in [0.25, 0.3) is 32.7 Å². The molecule has 0 fully saturated rings. The average molecular weight is 401 g/mol. The Balaban J connectivity index is 1.96. The molecule has 4 aromatic rings. The highest BCUT2D eigenvalue weighted by Crippen LogP contribution is 2.38. The molecule has 0 saturated carbocycles. The van der Waals surface area contributed by atoms with Gasteiger partial charge in [0, 0.05) is 16.2 Å². The van der Waals surface area contributed by atoms with E-state index in [1.165, 1.54) is 12.1 Å². The van der Waals surface area contributed by atoms with Crippen LogP contribution in [0.1, 0.15) is 0 Å². The number of furan rings is 1. The smallest absolute Gasteiger partial charge is 0.455 e. The maximum absolute atomic E-state index is 12.5. The summed E-state index contributed by atoms with van der Waals surface area (Å²) in [6, 6.07) is 12.4. The van der Waals surface area contributed by atoms with Gasteiger partial charge in [-0.25, -0.2) is 0 Å². The van der Waals surface area contributed by atoms with Crippen molar-refractivity contribution in [3.05, 3.63) is 53.6 Å². The summed E-state index contributed by atoms with van der Waals surface area (Å²) < 4.78 is 70.0. The highest BCUT2D eigenvalue weighted by molar-refractivity contribution is 7.88. The topological polar surface area (TPSA) is 56.5 Å². The number of benzene rings is 3. The molecule has 3 aromatic carbocycles. The van der Waals surface area contributed by atoms with Crippen molar-refractivity contribution in [2.45, 2.75) is 5.51 Å². The van der Waals surface area contributed by atoms with Gasteiger partial charge in [0.15, 0.2) is 0 Å². The van der Waals surface area contributed by atoms with Gasteiger partial charge in [-0.2, -0.15) is 21.6 Å². The zero-order valence-electron chi connectivity index (χ0n) is 12.7. The maximum Gasteiger partial charge on any atom is 0.534 e. The maximum atomic E-state index is 12.5. The van der Waals surface area contributed by atoms with E-state index in [2.05, 4.69) is 4.18 Å². The average Bonchev–Trinajstić information content (AvgIpc) is 2.93. The van der Waals surface area contributed by atoms with E-state index in [1.807, 2.05) is 0 Å². The molecule has 1 aromatic heterocycles. The molecule has 0 spiro atoms. The normalized spacial score (nSPS) is 12.9. The molecule has 26 heavy (non-hydrogen) atoms. The van der Waals surface area contributed by atoms with Crippen LogP contribution in [0.2, 0.25) is 5.02 Å². The van der Waals surface area contributed by atoms with Crippen molar-refractivity contribution < 1.29 is 30.2 Å². The molecule has 0 saturated heterocycles. The van der Waals surface area contributed by atoms with Gasteiger partial charge in [-0.05, 0) is 35.7 Å². The Labute approximate surface area is 149 Å². The first-order valence-corrected chi connectivity index (χ1v) is 9.00. The lowest BCUT2D eigenvalue weighted by Crippen LogP contribution is -2.28. The Hall–Kier alpha value is -2.45. The minimum Gasteiger partial charge on any atom is -0.455 e. The summed E-state index contributed by atoms with van der Waals surface area (Å²) in [5.74, 6) is -0.464. The van der Waals surface area contributed by atoms with Crippen molar-refractivity contribution >= 4 is 54.4 Å². The molecule has 0 radical (unpaired) electrons. The van der Waals surface area contributed by atoms with Crippen LogP contribution in [0.3, 0.4) is 0 Å². The van der Waals surface area contributed by atoms with Crippen LogP contribution >= 0.6 is 11.6 Å². The van der Waals surface area contributed by atoms with Gasteiger partial charge in [-0.3, -0.25) is 0 Å². The molecular weight excluding hydrogens is 393 g/mol. The van der Waals surface area contributed by atoms with Crippen molar-refractivity contribution in [1.29, 1.82) is 0 Å². The second-order valence-electron chi connectivity index (χ2n) is 5.52. The lowest BCUT2D eigenvalue weighted by atomic mass is 10.1. The first-order chi connectivity index (χ1) is 12.2. The summed E-state index contributed by atoms with van der Waals surface area (Å²) in [7, 11) is -5.76. The number of hydrogen-bond donors (Lipinski definition) is 0. The number of rotatable bonds is 2. The number of alkyl halides is 3. The predicted molar refractivity (Wildman–Crippen MR) is 91.8 cm³/mol. The molecule has 0 unspecified atom stereocenters. The van der Waals surface area contributed by atoms with E-state index in [9.17, 15) is 21.6 Å². The molecule has 0 aliphatic heterocycles. The zero-order valence-corrected chi connectivity index (χ0v) is 14.2. The monoisotopic (exact) mass is 400 g/mol. The third-order valence-electron chi connectivity index (χ3n) is 3.89. The van der Waals surface area contributed by atoms with E-state index in [0.29, 0.717) is 37.7 Å². The van der Waals surface area contributed by atoms with Crippen molar-refractivity contribution in [2.24, 2.45) is 0 Å². The highest BCUT2D eigenvalue weighted by atomic mass is 35.5. The molecule has 0 atom stereocenters. The van der Waals surface area contributed by atoms with Gasteiger partial charge in [0.1, 0.15) is 16.9 Å². The fraction of sp³-hybridized carbons (Fsp3) is 0.0588. The van der Waals surface area contributed by atoms with Crippen LogP contribution in [-0.4, -0.2) is 13.9 Å². The molecule has 1 heterocycles. The summed E-state index contributed by atoms with van der Waals surface area (Å²) in [6.07, 6.45) is 0. The second kappa shape index (κ2) is 5.52. The first-order valence-electron chi connectivity index (χ1n) is 7.22. The highest BCUT2D eigenvalue weighted by Gasteiger charge is 2.48. The van der Waals surface area contributed by atoms with E-state index in [4.69, 9.17) is 16.0 Å². The lowest BCUT2D eigenvalue weighted by molar-refractivity contribution is -0.0500. The molecule has 0 aliphatic rings. The Kier molecular flexibility index (Phi) is 3.61. The third kappa shape index (κ3) is 2.57. The largest absolute Gasteiger partial charge is 0.534 e. The van der Waals surface area contributed by atoms with Crippen molar-refractivity contribution in [3.8, 4) is 5.75 Å². The summed E-state index contributed by atoms with van der Waals surface area (Å²) in [5.41, 5.74) is -4.63. The molecule has 9 heteroatoms. The lowest BCUT2D eigenvalue weighted by Gasteiger charge is -2.10. The zero-order chi connectivity index (χ0) is 18.7. The van der Waals surface area contributed by atoms with E-state index in [0.717, 1.165) is 6.07 Å². The Morgan fingerprint density at radius 2 is 1.73 bits per heavy atom. The van der Waals surface area contributed by atoms with E-state index < -0.39 is 21.4 Å². The van der Waals surface area contributed by atoms with Crippen molar-refractivity contribution in [3.63, 3.8) is 0 Å². The van der Waals surface area contributed by atoms with Gasteiger partial charge in [0.25, 0.3) is 0 Å². The fourth-order valence-corrected chi connectivity index (χ4v) is 3.48. The van der Waals surface area contributed by atoms with Gasteiger partial charge >= 0.3 is 15.6 Å². The SMILES string of the molecule is O=S(=O)(Oc1ccc2ccc3c(oc4cccc(Cl)c43)c2c1)C(F)(F)F. The summed E-state index contributed by atoms with van der Waals surface area (Å²) >= 11 is 6.21. The number of fused-ring (bicyclic) bond motifs is 5. The fourth-order valence-electron chi connectivity index (χ4n) is 2.76. The summed E-state index contributed by atoms with van der Waals surface area (Å²) in [4.78, 5) is 0. The van der Waals surface area contributed by atoms with E-state index in [-0.39, 0.29) is 0 Å². The van der Waals surface area contributed by atoms with Gasteiger partial charge < -0.3 is 8.60 Å². The summed E-state index contributed by atoms with van der Waals surface area (Å²) in [6.45, 7) is 0. The number of hydrogen-bond acceptors (Lipinski definition) is 4. The van der Waals surface area contributed by atoms with Crippen LogP contribution in [-0.2, 0) is 10.1 Å². The standard InChI is InChI=1S/C17H8ClF3O4S/c18-13-2-1-3-14-15(13)11-7-5-9-4-6-10(8-12(9)16(11)24-14)25-26(22,23)17(19,20)21/h1-8H. The van der Waals surface area contributed by atoms with Crippen LogP contribution in [0.4, 0.5) is 13.2 Å². The Morgan fingerprint density at radius 3 is 2.46 bits per heavy atom. The number of halogens is 4. The minimum absolute atomic E-state index is 0.375. The molecule has 4 rings (SSSR count). The second-order valence-corrected chi connectivity index (χ2v) is 7.47. The summed E-state index contributed by atoms with van der Waals surface area (Å²) in [5, 5.41) is 2.84. The van der Waals surface area contributed by atoms with Crippen LogP contribution in [0.5, 0.6) is 5.75 Å². The Bertz CT molecular complexity index is 1280. The van der Waals surface area contributed by atoms with E-state index >= 15 is 0 Å². The quantitative estimate of drug-likeness (QED) is 0.323. The molecule has 4 nitrogen and oxygen atoms in total. The van der Waals surface area contributed by atoms with Gasteiger partial charge in [-0.1, -0.05) is 29.8 Å². The Morgan fingerprint density at radius 1 is 1.00 bits per heavy atom. The minimum atomic E-state index is -5.76. The van der Waals surface area contributed by atoms with Crippen LogP contribution < -0.4 is 4.18 Å². The first kappa shape index (κ1) is 17.0. The van der Waals surface area contributed by atoms with Crippen molar-refractivity contribution in [2.75, 3.05) is 0 Å². The van der Waals surface area contributed by atoms with Crippen molar-refractivity contribution in [1.82, 2.24) is 0 Å². The van der Waals surface area contributed by atoms with Gasteiger partial charge in [0.2, 0.25) is 0 Å². The van der Waals surface area contributed by atoms with Crippen LogP contribution in [0.15, 0.2) is 52.9 Å². The van der Waals surface area contributed by atoms with Gasteiger partial charge in [0.05, 0.1) is 5.02 Å². The molecular formula is C17H8ClF3O4S. The van der Waals surface area contributed by atoms with E-state index in [1.54, 1.807) is 30.3 Å². The molecule has 0 amide bonds. The predicted octanol–water partition coefficient (Wildman–Crippen LogP) is 5.62. The molecule has 0 N–H and O–H groups in total. The van der Waals surface area contributed by atoms with Gasteiger partial charge in [-0.15, -0.1) is 0 Å². The third-order valence-corrected chi connectivity index (χ3v) is 5.18. The van der Waals surface area contributed by atoms with Crippen LogP contribution in [0, 0.1) is 0 Å². The molecule has 134 valence electrons.